The van der Waals surface area contributed by atoms with Crippen LogP contribution in [0.2, 0.25) is 0 Å². The van der Waals surface area contributed by atoms with Crippen LogP contribution >= 0.6 is 0 Å². The first-order valence-corrected chi connectivity index (χ1v) is 5.11. The van der Waals surface area contributed by atoms with E-state index < -0.39 is 0 Å². The van der Waals surface area contributed by atoms with Crippen LogP contribution in [0.1, 0.15) is 39.5 Å². The molecule has 0 bridgehead atoms. The van der Waals surface area contributed by atoms with Gasteiger partial charge in [-0.2, -0.15) is 0 Å². The molecule has 0 aliphatic carbocycles. The molecule has 73 valence electrons. The Kier molecular flexibility index (Phi) is 8.95. The highest BCUT2D eigenvalue weighted by Gasteiger charge is 2.02. The average molecular weight is 171 g/mol. The normalized spacial score (nSPS) is 11.0. The van der Waals surface area contributed by atoms with Crippen LogP contribution in [0, 0.1) is 6.92 Å². The Bertz CT molecular complexity index is 75.9. The third-order valence-corrected chi connectivity index (χ3v) is 1.77. The minimum Gasteiger partial charge on any atom is -0.302 e. The summed E-state index contributed by atoms with van der Waals surface area (Å²) >= 11 is 0. The fourth-order valence-corrected chi connectivity index (χ4v) is 1.12. The van der Waals surface area contributed by atoms with E-state index in [-0.39, 0.29) is 0 Å². The number of rotatable bonds is 8. The molecule has 0 fully saturated rings. The zero-order valence-corrected chi connectivity index (χ0v) is 8.53. The smallest absolute Gasteiger partial charge is 0.0571 e. The van der Waals surface area contributed by atoms with Gasteiger partial charge in [0.2, 0.25) is 0 Å². The molecule has 1 radical (unpaired) electrons. The van der Waals surface area contributed by atoms with Gasteiger partial charge in [-0.3, -0.25) is 0 Å². The second-order valence-electron chi connectivity index (χ2n) is 3.10. The molecule has 0 unspecified atom stereocenters. The molecule has 2 heteroatoms. The van der Waals surface area contributed by atoms with Crippen LogP contribution in [0.4, 0.5) is 0 Å². The standard InChI is InChI=1S/C10H23N2/c1-4-7-10(11-8-5-2)12-9-6-3/h10-12H,1,4-9H2,2-3H3. The summed E-state index contributed by atoms with van der Waals surface area (Å²) in [6.07, 6.45) is 4.99. The Morgan fingerprint density at radius 3 is 1.92 bits per heavy atom. The zero-order chi connectivity index (χ0) is 9.23. The van der Waals surface area contributed by atoms with Gasteiger partial charge in [-0.25, -0.2) is 0 Å². The number of nitrogens with one attached hydrogen (secondary N) is 2. The average Bonchev–Trinajstić information content (AvgIpc) is 2.10. The molecule has 12 heavy (non-hydrogen) atoms. The summed E-state index contributed by atoms with van der Waals surface area (Å²) in [5.74, 6) is 0. The molecule has 0 heterocycles. The minimum absolute atomic E-state index is 0.474. The Balaban J connectivity index is 3.40. The molecule has 0 aromatic rings. The summed E-state index contributed by atoms with van der Waals surface area (Å²) in [5.41, 5.74) is 0. The van der Waals surface area contributed by atoms with E-state index in [2.05, 4.69) is 31.4 Å². The predicted molar refractivity (Wildman–Crippen MR) is 55.0 cm³/mol. The summed E-state index contributed by atoms with van der Waals surface area (Å²) in [5, 5.41) is 6.91. The van der Waals surface area contributed by atoms with Crippen LogP contribution in [-0.4, -0.2) is 19.3 Å². The van der Waals surface area contributed by atoms with E-state index >= 15 is 0 Å². The molecular weight excluding hydrogens is 148 g/mol. The van der Waals surface area contributed by atoms with E-state index in [0.29, 0.717) is 6.17 Å². The second kappa shape index (κ2) is 9.01. The largest absolute Gasteiger partial charge is 0.302 e. The fraction of sp³-hybridized carbons (Fsp3) is 0.900. The minimum atomic E-state index is 0.474. The van der Waals surface area contributed by atoms with Gasteiger partial charge in [0, 0.05) is 0 Å². The highest BCUT2D eigenvalue weighted by Crippen LogP contribution is 1.92. The van der Waals surface area contributed by atoms with E-state index in [1.807, 2.05) is 0 Å². The molecular formula is C10H23N2. The third kappa shape index (κ3) is 6.62. The zero-order valence-electron chi connectivity index (χ0n) is 8.53. The summed E-state index contributed by atoms with van der Waals surface area (Å²) in [7, 11) is 0. The Hall–Kier alpha value is -0.0800. The number of hydrogen-bond acceptors (Lipinski definition) is 2. The molecule has 0 atom stereocenters. The molecule has 0 aromatic carbocycles. The maximum atomic E-state index is 3.86. The van der Waals surface area contributed by atoms with Gasteiger partial charge in [-0.05, 0) is 32.4 Å². The topological polar surface area (TPSA) is 24.1 Å². The lowest BCUT2D eigenvalue weighted by Crippen LogP contribution is -2.42. The van der Waals surface area contributed by atoms with Gasteiger partial charge in [0.25, 0.3) is 0 Å². The summed E-state index contributed by atoms with van der Waals surface area (Å²) in [6.45, 7) is 10.4. The molecule has 0 saturated heterocycles. The van der Waals surface area contributed by atoms with Crippen LogP contribution < -0.4 is 10.6 Å². The van der Waals surface area contributed by atoms with Gasteiger partial charge in [0.05, 0.1) is 6.17 Å². The van der Waals surface area contributed by atoms with Crippen molar-refractivity contribution in [2.24, 2.45) is 0 Å². The highest BCUT2D eigenvalue weighted by atomic mass is 15.1. The lowest BCUT2D eigenvalue weighted by atomic mass is 10.2. The lowest BCUT2D eigenvalue weighted by Gasteiger charge is -2.18. The van der Waals surface area contributed by atoms with Crippen molar-refractivity contribution in [3.05, 3.63) is 6.92 Å². The Morgan fingerprint density at radius 2 is 1.58 bits per heavy atom. The van der Waals surface area contributed by atoms with E-state index in [1.54, 1.807) is 0 Å². The van der Waals surface area contributed by atoms with Crippen LogP contribution in [-0.2, 0) is 0 Å². The van der Waals surface area contributed by atoms with E-state index in [0.717, 1.165) is 25.9 Å². The molecule has 2 N–H and O–H groups in total. The van der Waals surface area contributed by atoms with Gasteiger partial charge in [-0.1, -0.05) is 27.2 Å². The molecule has 0 saturated carbocycles. The SMILES string of the molecule is [CH2]CCC(NCCC)NCCC. The van der Waals surface area contributed by atoms with E-state index in [9.17, 15) is 0 Å². The van der Waals surface area contributed by atoms with Gasteiger partial charge in [0.15, 0.2) is 0 Å². The van der Waals surface area contributed by atoms with Gasteiger partial charge in [0.1, 0.15) is 0 Å². The van der Waals surface area contributed by atoms with Gasteiger partial charge < -0.3 is 10.6 Å². The van der Waals surface area contributed by atoms with E-state index in [1.165, 1.54) is 12.8 Å². The Morgan fingerprint density at radius 1 is 1.08 bits per heavy atom. The van der Waals surface area contributed by atoms with Crippen LogP contribution in [0.3, 0.4) is 0 Å². The Labute approximate surface area is 77.1 Å². The summed E-state index contributed by atoms with van der Waals surface area (Å²) in [6, 6.07) is 0. The molecule has 0 spiro atoms. The maximum absolute atomic E-state index is 3.86. The first-order valence-electron chi connectivity index (χ1n) is 5.11. The second-order valence-corrected chi connectivity index (χ2v) is 3.10. The summed E-state index contributed by atoms with van der Waals surface area (Å²) < 4.78 is 0. The van der Waals surface area contributed by atoms with Crippen LogP contribution in [0.25, 0.3) is 0 Å². The van der Waals surface area contributed by atoms with Crippen molar-refractivity contribution >= 4 is 0 Å². The predicted octanol–water partition coefficient (Wildman–Crippen LogP) is 1.93. The fourth-order valence-electron chi connectivity index (χ4n) is 1.12. The van der Waals surface area contributed by atoms with Gasteiger partial charge >= 0.3 is 0 Å². The van der Waals surface area contributed by atoms with Crippen molar-refractivity contribution in [2.45, 2.75) is 45.7 Å². The summed E-state index contributed by atoms with van der Waals surface area (Å²) in [4.78, 5) is 0. The van der Waals surface area contributed by atoms with Crippen molar-refractivity contribution < 1.29 is 0 Å². The van der Waals surface area contributed by atoms with E-state index in [4.69, 9.17) is 0 Å². The lowest BCUT2D eigenvalue weighted by molar-refractivity contribution is 0.403. The molecule has 0 aliphatic heterocycles. The first-order chi connectivity index (χ1) is 5.85. The van der Waals surface area contributed by atoms with Crippen LogP contribution in [0.5, 0.6) is 0 Å². The van der Waals surface area contributed by atoms with Crippen LogP contribution in [0.15, 0.2) is 0 Å². The highest BCUT2D eigenvalue weighted by molar-refractivity contribution is 4.64. The molecule has 0 aliphatic rings. The molecule has 0 rings (SSSR count). The van der Waals surface area contributed by atoms with Crippen molar-refractivity contribution in [1.82, 2.24) is 10.6 Å². The van der Waals surface area contributed by atoms with Crippen molar-refractivity contribution in [3.8, 4) is 0 Å². The van der Waals surface area contributed by atoms with Crippen molar-refractivity contribution in [1.29, 1.82) is 0 Å². The third-order valence-electron chi connectivity index (χ3n) is 1.77. The molecule has 0 amide bonds. The van der Waals surface area contributed by atoms with Crippen molar-refractivity contribution in [2.75, 3.05) is 13.1 Å². The quantitative estimate of drug-likeness (QED) is 0.545. The van der Waals surface area contributed by atoms with Gasteiger partial charge in [-0.15, -0.1) is 0 Å². The first kappa shape index (κ1) is 11.9. The monoisotopic (exact) mass is 171 g/mol. The van der Waals surface area contributed by atoms with Crippen molar-refractivity contribution in [3.63, 3.8) is 0 Å². The molecule has 0 aromatic heterocycles. The maximum Gasteiger partial charge on any atom is 0.0571 e. The molecule has 2 nitrogen and oxygen atoms in total. The number of hydrogen-bond donors (Lipinski definition) is 2.